The zero-order chi connectivity index (χ0) is 13.8. The number of amides is 2. The summed E-state index contributed by atoms with van der Waals surface area (Å²) in [6, 6.07) is 6.43. The Balaban J connectivity index is 2.01. The number of nitrogens with one attached hydrogen (secondary N) is 2. The standard InChI is InChI=1S/C12H10ClN3O2S/c1-7(17)10-6-19-12(15-10)16-11(18)14-9-5-3-2-4-8(9)13/h2-6H,1H3,(H2,14,15,16,18). The number of hydrogen-bond donors (Lipinski definition) is 2. The van der Waals surface area contributed by atoms with Crippen molar-refractivity contribution in [2.75, 3.05) is 10.6 Å². The predicted octanol–water partition coefficient (Wildman–Crippen LogP) is 3.64. The van der Waals surface area contributed by atoms with E-state index in [2.05, 4.69) is 15.6 Å². The molecule has 0 saturated heterocycles. The average molecular weight is 296 g/mol. The van der Waals surface area contributed by atoms with Crippen molar-refractivity contribution >= 4 is 45.6 Å². The first kappa shape index (κ1) is 13.5. The highest BCUT2D eigenvalue weighted by Gasteiger charge is 2.10. The van der Waals surface area contributed by atoms with Crippen LogP contribution in [0.25, 0.3) is 0 Å². The number of ketones is 1. The van der Waals surface area contributed by atoms with E-state index in [0.29, 0.717) is 21.5 Å². The van der Waals surface area contributed by atoms with Crippen LogP contribution >= 0.6 is 22.9 Å². The molecule has 2 N–H and O–H groups in total. The smallest absolute Gasteiger partial charge is 0.306 e. The number of benzene rings is 1. The van der Waals surface area contributed by atoms with Gasteiger partial charge in [0, 0.05) is 12.3 Å². The Morgan fingerprint density at radius 2 is 2.00 bits per heavy atom. The second-order valence-corrected chi connectivity index (χ2v) is 4.92. The van der Waals surface area contributed by atoms with Crippen LogP contribution in [0.5, 0.6) is 0 Å². The molecule has 0 saturated carbocycles. The van der Waals surface area contributed by atoms with Gasteiger partial charge in [0.1, 0.15) is 5.69 Å². The molecule has 0 aliphatic heterocycles. The van der Waals surface area contributed by atoms with Crippen molar-refractivity contribution in [3.63, 3.8) is 0 Å². The minimum atomic E-state index is -0.461. The molecule has 0 fully saturated rings. The van der Waals surface area contributed by atoms with Crippen molar-refractivity contribution in [3.05, 3.63) is 40.4 Å². The zero-order valence-corrected chi connectivity index (χ0v) is 11.5. The number of anilines is 2. The molecule has 2 aromatic rings. The summed E-state index contributed by atoms with van der Waals surface area (Å²) in [7, 11) is 0. The second kappa shape index (κ2) is 5.81. The Morgan fingerprint density at radius 1 is 1.26 bits per heavy atom. The number of hydrogen-bond acceptors (Lipinski definition) is 4. The van der Waals surface area contributed by atoms with Gasteiger partial charge in [-0.3, -0.25) is 10.1 Å². The number of rotatable bonds is 3. The van der Waals surface area contributed by atoms with Crippen LogP contribution in [-0.2, 0) is 0 Å². The first-order valence-corrected chi connectivity index (χ1v) is 6.61. The van der Waals surface area contributed by atoms with Crippen LogP contribution in [0, 0.1) is 0 Å². The summed E-state index contributed by atoms with van der Waals surface area (Å²) in [6.07, 6.45) is 0. The topological polar surface area (TPSA) is 71.1 Å². The van der Waals surface area contributed by atoms with Crippen LogP contribution in [0.15, 0.2) is 29.6 Å². The van der Waals surface area contributed by atoms with Gasteiger partial charge < -0.3 is 5.32 Å². The molecular weight excluding hydrogens is 286 g/mol. The van der Waals surface area contributed by atoms with Crippen molar-refractivity contribution in [2.24, 2.45) is 0 Å². The van der Waals surface area contributed by atoms with Gasteiger partial charge in [0.05, 0.1) is 10.7 Å². The normalized spacial score (nSPS) is 10.0. The highest BCUT2D eigenvalue weighted by atomic mass is 35.5. The molecule has 98 valence electrons. The van der Waals surface area contributed by atoms with Crippen LogP contribution < -0.4 is 10.6 Å². The number of thiazole rings is 1. The largest absolute Gasteiger partial charge is 0.325 e. The van der Waals surface area contributed by atoms with Gasteiger partial charge in [-0.15, -0.1) is 11.3 Å². The third-order valence-corrected chi connectivity index (χ3v) is 3.29. The van der Waals surface area contributed by atoms with Gasteiger partial charge in [0.2, 0.25) is 0 Å². The van der Waals surface area contributed by atoms with Crippen LogP contribution in [0.2, 0.25) is 5.02 Å². The number of aromatic nitrogens is 1. The summed E-state index contributed by atoms with van der Waals surface area (Å²) in [5, 5.41) is 7.53. The number of urea groups is 1. The van der Waals surface area contributed by atoms with E-state index >= 15 is 0 Å². The van der Waals surface area contributed by atoms with E-state index in [1.54, 1.807) is 29.6 Å². The lowest BCUT2D eigenvalue weighted by Crippen LogP contribution is -2.19. The van der Waals surface area contributed by atoms with Gasteiger partial charge in [0.15, 0.2) is 10.9 Å². The van der Waals surface area contributed by atoms with Gasteiger partial charge in [0.25, 0.3) is 0 Å². The molecule has 0 bridgehead atoms. The van der Waals surface area contributed by atoms with Gasteiger partial charge in [-0.25, -0.2) is 9.78 Å². The lowest BCUT2D eigenvalue weighted by molar-refractivity contribution is 0.101. The maximum atomic E-state index is 11.7. The Bertz CT molecular complexity index is 627. The lowest BCUT2D eigenvalue weighted by atomic mass is 10.3. The summed E-state index contributed by atoms with van der Waals surface area (Å²) >= 11 is 7.10. The Morgan fingerprint density at radius 3 is 2.63 bits per heavy atom. The molecule has 1 aromatic carbocycles. The number of carbonyl (C=O) groups excluding carboxylic acids is 2. The summed E-state index contributed by atoms with van der Waals surface area (Å²) in [6.45, 7) is 1.42. The van der Waals surface area contributed by atoms with Gasteiger partial charge in [-0.2, -0.15) is 0 Å². The molecule has 1 aromatic heterocycles. The number of carbonyl (C=O) groups is 2. The molecule has 0 spiro atoms. The van der Waals surface area contributed by atoms with Crippen molar-refractivity contribution in [1.82, 2.24) is 4.98 Å². The molecule has 0 aliphatic rings. The van der Waals surface area contributed by atoms with E-state index in [-0.39, 0.29) is 5.78 Å². The average Bonchev–Trinajstić information content (AvgIpc) is 2.80. The maximum Gasteiger partial charge on any atom is 0.325 e. The highest BCUT2D eigenvalue weighted by Crippen LogP contribution is 2.21. The maximum absolute atomic E-state index is 11.7. The van der Waals surface area contributed by atoms with E-state index in [1.165, 1.54) is 18.3 Å². The van der Waals surface area contributed by atoms with Crippen LogP contribution in [-0.4, -0.2) is 16.8 Å². The number of Topliss-reactive ketones (excluding diaryl/α,β-unsaturated/α-hetero) is 1. The first-order chi connectivity index (χ1) is 9.06. The van der Waals surface area contributed by atoms with E-state index in [1.807, 2.05) is 0 Å². The van der Waals surface area contributed by atoms with Gasteiger partial charge >= 0.3 is 6.03 Å². The zero-order valence-electron chi connectivity index (χ0n) is 9.94. The summed E-state index contributed by atoms with van der Waals surface area (Å²) < 4.78 is 0. The van der Waals surface area contributed by atoms with E-state index in [9.17, 15) is 9.59 Å². The van der Waals surface area contributed by atoms with Crippen molar-refractivity contribution in [1.29, 1.82) is 0 Å². The van der Waals surface area contributed by atoms with Crippen molar-refractivity contribution < 1.29 is 9.59 Å². The minimum Gasteiger partial charge on any atom is -0.306 e. The molecule has 2 amide bonds. The lowest BCUT2D eigenvalue weighted by Gasteiger charge is -2.06. The fourth-order valence-corrected chi connectivity index (χ4v) is 2.23. The van der Waals surface area contributed by atoms with E-state index in [4.69, 9.17) is 11.6 Å². The molecule has 0 unspecified atom stereocenters. The molecule has 0 aliphatic carbocycles. The molecule has 1 heterocycles. The molecule has 19 heavy (non-hydrogen) atoms. The van der Waals surface area contributed by atoms with E-state index < -0.39 is 6.03 Å². The Hall–Kier alpha value is -1.92. The number of halogens is 1. The van der Waals surface area contributed by atoms with Crippen LogP contribution in [0.4, 0.5) is 15.6 Å². The summed E-state index contributed by atoms with van der Waals surface area (Å²) in [4.78, 5) is 26.8. The first-order valence-electron chi connectivity index (χ1n) is 5.35. The summed E-state index contributed by atoms with van der Waals surface area (Å²) in [5.41, 5.74) is 0.836. The molecular formula is C12H10ClN3O2S. The summed E-state index contributed by atoms with van der Waals surface area (Å²) in [5.74, 6) is -0.143. The van der Waals surface area contributed by atoms with Crippen LogP contribution in [0.3, 0.4) is 0 Å². The minimum absolute atomic E-state index is 0.143. The third kappa shape index (κ3) is 3.52. The predicted molar refractivity (Wildman–Crippen MR) is 76.2 cm³/mol. The van der Waals surface area contributed by atoms with E-state index in [0.717, 1.165) is 0 Å². The van der Waals surface area contributed by atoms with Crippen molar-refractivity contribution in [3.8, 4) is 0 Å². The van der Waals surface area contributed by atoms with Crippen LogP contribution in [0.1, 0.15) is 17.4 Å². The second-order valence-electron chi connectivity index (χ2n) is 3.65. The molecule has 2 rings (SSSR count). The van der Waals surface area contributed by atoms with Gasteiger partial charge in [-0.1, -0.05) is 23.7 Å². The fraction of sp³-hybridized carbons (Fsp3) is 0.0833. The SMILES string of the molecule is CC(=O)c1csc(NC(=O)Nc2ccccc2Cl)n1. The number of para-hydroxylation sites is 1. The molecule has 5 nitrogen and oxygen atoms in total. The molecule has 7 heteroatoms. The third-order valence-electron chi connectivity index (χ3n) is 2.21. The molecule has 0 atom stereocenters. The quantitative estimate of drug-likeness (QED) is 0.849. The fourth-order valence-electron chi connectivity index (χ4n) is 1.31. The highest BCUT2D eigenvalue weighted by molar-refractivity contribution is 7.14. The van der Waals surface area contributed by atoms with Crippen molar-refractivity contribution in [2.45, 2.75) is 6.92 Å². The Labute approximate surface area is 118 Å². The van der Waals surface area contributed by atoms with Gasteiger partial charge in [-0.05, 0) is 12.1 Å². The molecule has 0 radical (unpaired) electrons. The number of nitrogens with zero attached hydrogens (tertiary/aromatic N) is 1. The monoisotopic (exact) mass is 295 g/mol. The Kier molecular flexibility index (Phi) is 4.13.